The molecule has 0 radical (unpaired) electrons. The summed E-state index contributed by atoms with van der Waals surface area (Å²) in [5.41, 5.74) is 0.570. The summed E-state index contributed by atoms with van der Waals surface area (Å²) < 4.78 is 26.6. The second kappa shape index (κ2) is 8.39. The average molecular weight is 324 g/mol. The van der Waals surface area contributed by atoms with Crippen LogP contribution in [0.4, 0.5) is 8.78 Å². The maximum atomic E-state index is 13.7. The molecule has 1 saturated heterocycles. The normalized spacial score (nSPS) is 19.1. The first-order chi connectivity index (χ1) is 10.9. The lowest BCUT2D eigenvalue weighted by atomic mass is 9.91. The second-order valence-electron chi connectivity index (χ2n) is 6.74. The molecule has 1 aliphatic rings. The Bertz CT molecular complexity index is 534. The fourth-order valence-electron chi connectivity index (χ4n) is 3.19. The lowest BCUT2D eigenvalue weighted by Gasteiger charge is -2.32. The van der Waals surface area contributed by atoms with Crippen molar-refractivity contribution in [1.29, 1.82) is 0 Å². The number of hydrogen-bond donors (Lipinski definition) is 1. The van der Waals surface area contributed by atoms with Crippen molar-refractivity contribution in [1.82, 2.24) is 10.2 Å². The molecule has 1 amide bonds. The fourth-order valence-corrected chi connectivity index (χ4v) is 3.19. The van der Waals surface area contributed by atoms with Gasteiger partial charge in [0.15, 0.2) is 0 Å². The van der Waals surface area contributed by atoms with Crippen molar-refractivity contribution in [2.75, 3.05) is 19.6 Å². The molecule has 23 heavy (non-hydrogen) atoms. The quantitative estimate of drug-likeness (QED) is 0.872. The highest BCUT2D eigenvalue weighted by Gasteiger charge is 2.22. The predicted molar refractivity (Wildman–Crippen MR) is 87.1 cm³/mol. The van der Waals surface area contributed by atoms with Crippen LogP contribution in [0.1, 0.15) is 38.7 Å². The summed E-state index contributed by atoms with van der Waals surface area (Å²) in [6.45, 7) is 6.14. The minimum Gasteiger partial charge on any atom is -0.353 e. The number of nitrogens with zero attached hydrogens (tertiary/aromatic N) is 1. The fraction of sp³-hybridized carbons (Fsp3) is 0.611. The molecule has 5 heteroatoms. The zero-order valence-electron chi connectivity index (χ0n) is 13.9. The van der Waals surface area contributed by atoms with Gasteiger partial charge in [-0.25, -0.2) is 8.78 Å². The zero-order chi connectivity index (χ0) is 16.8. The van der Waals surface area contributed by atoms with Crippen molar-refractivity contribution in [3.05, 3.63) is 35.4 Å². The van der Waals surface area contributed by atoms with Crippen LogP contribution in [0.25, 0.3) is 0 Å². The summed E-state index contributed by atoms with van der Waals surface area (Å²) in [5.74, 6) is -0.481. The summed E-state index contributed by atoms with van der Waals surface area (Å²) in [4.78, 5) is 14.0. The van der Waals surface area contributed by atoms with E-state index in [1.54, 1.807) is 0 Å². The number of halogens is 2. The van der Waals surface area contributed by atoms with Crippen LogP contribution >= 0.6 is 0 Å². The van der Waals surface area contributed by atoms with Gasteiger partial charge in [0.2, 0.25) is 5.91 Å². The molecule has 0 unspecified atom stereocenters. The van der Waals surface area contributed by atoms with Crippen molar-refractivity contribution in [2.45, 2.75) is 45.6 Å². The van der Waals surface area contributed by atoms with Crippen molar-refractivity contribution < 1.29 is 13.6 Å². The Labute approximate surface area is 137 Å². The van der Waals surface area contributed by atoms with Crippen molar-refractivity contribution in [3.63, 3.8) is 0 Å². The van der Waals surface area contributed by atoms with Crippen LogP contribution in [0, 0.1) is 17.6 Å². The molecule has 1 heterocycles. The molecule has 128 valence electrons. The summed E-state index contributed by atoms with van der Waals surface area (Å²) in [6, 6.07) is 3.94. The van der Waals surface area contributed by atoms with E-state index in [0.717, 1.165) is 38.4 Å². The molecular formula is C18H26F2N2O. The monoisotopic (exact) mass is 324 g/mol. The minimum atomic E-state index is -0.536. The van der Waals surface area contributed by atoms with Crippen LogP contribution < -0.4 is 5.32 Å². The highest BCUT2D eigenvalue weighted by molar-refractivity contribution is 5.78. The summed E-state index contributed by atoms with van der Waals surface area (Å²) in [7, 11) is 0. The molecule has 1 aromatic rings. The first kappa shape index (κ1) is 17.9. The van der Waals surface area contributed by atoms with E-state index >= 15 is 0 Å². The van der Waals surface area contributed by atoms with Crippen LogP contribution in [0.3, 0.4) is 0 Å². The van der Waals surface area contributed by atoms with E-state index in [4.69, 9.17) is 0 Å². The van der Waals surface area contributed by atoms with Gasteiger partial charge in [-0.15, -0.1) is 0 Å². The average Bonchev–Trinajstić information content (AvgIpc) is 2.45. The third-order valence-electron chi connectivity index (χ3n) is 4.26. The number of hydrogen-bond acceptors (Lipinski definition) is 2. The van der Waals surface area contributed by atoms with E-state index < -0.39 is 11.6 Å². The van der Waals surface area contributed by atoms with E-state index in [1.165, 1.54) is 12.1 Å². The van der Waals surface area contributed by atoms with Crippen molar-refractivity contribution >= 4 is 5.91 Å². The number of rotatable bonds is 6. The Balaban J connectivity index is 1.80. The first-order valence-electron chi connectivity index (χ1n) is 8.39. The Morgan fingerprint density at radius 1 is 1.39 bits per heavy atom. The molecule has 1 atom stereocenters. The van der Waals surface area contributed by atoms with Crippen molar-refractivity contribution in [2.24, 2.45) is 5.92 Å². The number of amides is 1. The van der Waals surface area contributed by atoms with Crippen LogP contribution in [0.2, 0.25) is 0 Å². The molecule has 1 aromatic carbocycles. The largest absolute Gasteiger partial charge is 0.353 e. The summed E-state index contributed by atoms with van der Waals surface area (Å²) in [6.07, 6.45) is 3.64. The zero-order valence-corrected chi connectivity index (χ0v) is 13.9. The van der Waals surface area contributed by atoms with Gasteiger partial charge in [0.25, 0.3) is 0 Å². The maximum Gasteiger partial charge on any atom is 0.234 e. The van der Waals surface area contributed by atoms with Crippen LogP contribution in [-0.4, -0.2) is 36.5 Å². The second-order valence-corrected chi connectivity index (χ2v) is 6.74. The Kier molecular flexibility index (Phi) is 6.51. The SMILES string of the molecule is CC(C)NC(=O)CN1CCC[C@H](CCc2ccc(F)cc2F)C1. The van der Waals surface area contributed by atoms with Crippen LogP contribution in [-0.2, 0) is 11.2 Å². The number of piperidine rings is 1. The summed E-state index contributed by atoms with van der Waals surface area (Å²) >= 11 is 0. The minimum absolute atomic E-state index is 0.0604. The molecule has 2 rings (SSSR count). The lowest BCUT2D eigenvalue weighted by Crippen LogP contribution is -2.44. The molecule has 3 nitrogen and oxygen atoms in total. The van der Waals surface area contributed by atoms with Crippen LogP contribution in [0.15, 0.2) is 18.2 Å². The molecule has 0 aromatic heterocycles. The lowest BCUT2D eigenvalue weighted by molar-refractivity contribution is -0.123. The van der Waals surface area contributed by atoms with Gasteiger partial charge in [0.05, 0.1) is 6.54 Å². The Hall–Kier alpha value is -1.49. The summed E-state index contributed by atoms with van der Waals surface area (Å²) in [5, 5.41) is 2.91. The predicted octanol–water partition coefficient (Wildman–Crippen LogP) is 3.13. The third-order valence-corrected chi connectivity index (χ3v) is 4.26. The smallest absolute Gasteiger partial charge is 0.234 e. The topological polar surface area (TPSA) is 32.3 Å². The number of benzene rings is 1. The third kappa shape index (κ3) is 5.90. The molecule has 1 fully saturated rings. The van der Waals surface area contributed by atoms with Gasteiger partial charge >= 0.3 is 0 Å². The van der Waals surface area contributed by atoms with Gasteiger partial charge in [-0.1, -0.05) is 6.07 Å². The number of likely N-dealkylation sites (tertiary alicyclic amines) is 1. The molecule has 0 spiro atoms. The number of carbonyl (C=O) groups is 1. The number of carbonyl (C=O) groups excluding carboxylic acids is 1. The number of nitrogens with one attached hydrogen (secondary N) is 1. The highest BCUT2D eigenvalue weighted by atomic mass is 19.1. The van der Waals surface area contributed by atoms with Gasteiger partial charge in [0, 0.05) is 18.7 Å². The van der Waals surface area contributed by atoms with Gasteiger partial charge < -0.3 is 5.32 Å². The van der Waals surface area contributed by atoms with E-state index in [9.17, 15) is 13.6 Å². The van der Waals surface area contributed by atoms with Crippen LogP contribution in [0.5, 0.6) is 0 Å². The standard InChI is InChI=1S/C18H26F2N2O/c1-13(2)21-18(23)12-22-9-3-4-14(11-22)5-6-15-7-8-16(19)10-17(15)20/h7-8,10,13-14H,3-6,9,11-12H2,1-2H3,(H,21,23)/t14-/m1/s1. The van der Waals surface area contributed by atoms with Gasteiger partial charge in [-0.3, -0.25) is 9.69 Å². The van der Waals surface area contributed by atoms with Crippen molar-refractivity contribution in [3.8, 4) is 0 Å². The van der Waals surface area contributed by atoms with E-state index in [2.05, 4.69) is 10.2 Å². The Morgan fingerprint density at radius 2 is 2.17 bits per heavy atom. The van der Waals surface area contributed by atoms with E-state index in [0.29, 0.717) is 24.4 Å². The number of aryl methyl sites for hydroxylation is 1. The van der Waals surface area contributed by atoms with E-state index in [1.807, 2.05) is 13.8 Å². The molecule has 1 N–H and O–H groups in total. The molecule has 1 aliphatic heterocycles. The molecular weight excluding hydrogens is 298 g/mol. The highest BCUT2D eigenvalue weighted by Crippen LogP contribution is 2.22. The van der Waals surface area contributed by atoms with Gasteiger partial charge in [-0.2, -0.15) is 0 Å². The molecule has 0 saturated carbocycles. The van der Waals surface area contributed by atoms with Gasteiger partial charge in [-0.05, 0) is 63.6 Å². The maximum absolute atomic E-state index is 13.7. The van der Waals surface area contributed by atoms with E-state index in [-0.39, 0.29) is 11.9 Å². The first-order valence-corrected chi connectivity index (χ1v) is 8.39. The Morgan fingerprint density at radius 3 is 2.87 bits per heavy atom. The molecule has 0 bridgehead atoms. The molecule has 0 aliphatic carbocycles. The van der Waals surface area contributed by atoms with Gasteiger partial charge in [0.1, 0.15) is 11.6 Å².